The number of nitrogens with one attached hydrogen (secondary N) is 2. The highest BCUT2D eigenvalue weighted by atomic mass is 32.1. The van der Waals surface area contributed by atoms with Crippen molar-refractivity contribution in [3.63, 3.8) is 0 Å². The van der Waals surface area contributed by atoms with Crippen LogP contribution in [0.3, 0.4) is 0 Å². The average Bonchev–Trinajstić information content (AvgIpc) is 3.24. The van der Waals surface area contributed by atoms with Crippen molar-refractivity contribution < 1.29 is 4.79 Å². The van der Waals surface area contributed by atoms with Crippen molar-refractivity contribution in [1.29, 1.82) is 0 Å². The molecule has 1 aliphatic heterocycles. The molecule has 2 atom stereocenters. The van der Waals surface area contributed by atoms with E-state index >= 15 is 0 Å². The SMILES string of the molecule is CCc1ccc(CNC(=O)[C@H]2CNC[C@@H]2c2cnn(C)c2)s1. The van der Waals surface area contributed by atoms with E-state index in [1.807, 2.05) is 19.4 Å². The van der Waals surface area contributed by atoms with Gasteiger partial charge in [0.2, 0.25) is 5.91 Å². The van der Waals surface area contributed by atoms with Gasteiger partial charge in [0.25, 0.3) is 0 Å². The van der Waals surface area contributed by atoms with Gasteiger partial charge in [-0.1, -0.05) is 6.92 Å². The van der Waals surface area contributed by atoms with E-state index in [1.54, 1.807) is 16.0 Å². The van der Waals surface area contributed by atoms with Crippen molar-refractivity contribution in [2.24, 2.45) is 13.0 Å². The number of aryl methyl sites for hydroxylation is 2. The molecule has 1 fully saturated rings. The molecule has 3 heterocycles. The first kappa shape index (κ1) is 15.2. The number of aromatic nitrogens is 2. The van der Waals surface area contributed by atoms with Crippen LogP contribution in [0.4, 0.5) is 0 Å². The van der Waals surface area contributed by atoms with Crippen LogP contribution in [0.15, 0.2) is 24.5 Å². The Kier molecular flexibility index (Phi) is 4.59. The molecule has 0 radical (unpaired) electrons. The Bertz CT molecular complexity index is 648. The van der Waals surface area contributed by atoms with Gasteiger partial charge < -0.3 is 10.6 Å². The van der Waals surface area contributed by atoms with Crippen LogP contribution in [-0.4, -0.2) is 28.8 Å². The van der Waals surface area contributed by atoms with Crippen molar-refractivity contribution in [2.75, 3.05) is 13.1 Å². The van der Waals surface area contributed by atoms with E-state index in [0.717, 1.165) is 25.1 Å². The summed E-state index contributed by atoms with van der Waals surface area (Å²) in [6, 6.07) is 4.25. The summed E-state index contributed by atoms with van der Waals surface area (Å²) in [6.07, 6.45) is 4.92. The van der Waals surface area contributed by atoms with E-state index in [0.29, 0.717) is 6.54 Å². The van der Waals surface area contributed by atoms with Gasteiger partial charge in [0, 0.05) is 42.0 Å². The summed E-state index contributed by atoms with van der Waals surface area (Å²) in [5.74, 6) is 0.323. The van der Waals surface area contributed by atoms with Gasteiger partial charge in [-0.2, -0.15) is 5.10 Å². The maximum atomic E-state index is 12.5. The highest BCUT2D eigenvalue weighted by Crippen LogP contribution is 2.28. The minimum Gasteiger partial charge on any atom is -0.351 e. The zero-order valence-corrected chi connectivity index (χ0v) is 13.8. The number of hydrogen-bond acceptors (Lipinski definition) is 4. The lowest BCUT2D eigenvalue weighted by Gasteiger charge is -2.16. The molecule has 1 saturated heterocycles. The smallest absolute Gasteiger partial charge is 0.225 e. The molecule has 0 spiro atoms. The fraction of sp³-hybridized carbons (Fsp3) is 0.500. The summed E-state index contributed by atoms with van der Waals surface area (Å²) in [7, 11) is 1.91. The summed E-state index contributed by atoms with van der Waals surface area (Å²) < 4.78 is 1.79. The monoisotopic (exact) mass is 318 g/mol. The predicted octanol–water partition coefficient (Wildman–Crippen LogP) is 1.66. The summed E-state index contributed by atoms with van der Waals surface area (Å²) >= 11 is 1.77. The highest BCUT2D eigenvalue weighted by molar-refractivity contribution is 7.11. The topological polar surface area (TPSA) is 59.0 Å². The minimum atomic E-state index is -0.0187. The first-order valence-corrected chi connectivity index (χ1v) is 8.53. The number of amides is 1. The van der Waals surface area contributed by atoms with E-state index in [2.05, 4.69) is 34.8 Å². The predicted molar refractivity (Wildman–Crippen MR) is 87.9 cm³/mol. The van der Waals surface area contributed by atoms with Gasteiger partial charge in [-0.25, -0.2) is 0 Å². The Hall–Kier alpha value is -1.66. The summed E-state index contributed by atoms with van der Waals surface area (Å²) in [4.78, 5) is 15.1. The van der Waals surface area contributed by atoms with Gasteiger partial charge >= 0.3 is 0 Å². The quantitative estimate of drug-likeness (QED) is 0.881. The second-order valence-corrected chi connectivity index (χ2v) is 7.01. The Labute approximate surface area is 134 Å². The molecule has 3 rings (SSSR count). The zero-order valence-electron chi connectivity index (χ0n) is 13.0. The van der Waals surface area contributed by atoms with Gasteiger partial charge in [-0.05, 0) is 24.1 Å². The van der Waals surface area contributed by atoms with Crippen LogP contribution in [0.1, 0.15) is 28.2 Å². The molecule has 0 unspecified atom stereocenters. The molecule has 6 heteroatoms. The van der Waals surface area contributed by atoms with Crippen molar-refractivity contribution in [2.45, 2.75) is 25.8 Å². The van der Waals surface area contributed by atoms with Crippen molar-refractivity contribution in [1.82, 2.24) is 20.4 Å². The van der Waals surface area contributed by atoms with Gasteiger partial charge in [0.15, 0.2) is 0 Å². The van der Waals surface area contributed by atoms with Crippen molar-refractivity contribution in [3.8, 4) is 0 Å². The standard InChI is InChI=1S/C16H22N4OS/c1-3-12-4-5-13(22-12)7-18-16(21)15-9-17-8-14(15)11-6-19-20(2)10-11/h4-6,10,14-15,17H,3,7-9H2,1-2H3,(H,18,21)/t14-,15+/m1/s1. The first-order chi connectivity index (χ1) is 10.7. The second-order valence-electron chi connectivity index (χ2n) is 5.76. The molecule has 5 nitrogen and oxygen atoms in total. The molecule has 2 aromatic rings. The highest BCUT2D eigenvalue weighted by Gasteiger charge is 2.34. The number of hydrogen-bond donors (Lipinski definition) is 2. The second kappa shape index (κ2) is 6.62. The molecule has 1 aliphatic rings. The lowest BCUT2D eigenvalue weighted by Crippen LogP contribution is -2.33. The van der Waals surface area contributed by atoms with Crippen molar-refractivity contribution >= 4 is 17.2 Å². The van der Waals surface area contributed by atoms with Gasteiger partial charge in [0.05, 0.1) is 18.7 Å². The molecule has 0 aromatic carbocycles. The third kappa shape index (κ3) is 3.23. The molecule has 1 amide bonds. The van der Waals surface area contributed by atoms with Crippen LogP contribution in [0.25, 0.3) is 0 Å². The fourth-order valence-corrected chi connectivity index (χ4v) is 3.85. The third-order valence-electron chi connectivity index (χ3n) is 4.21. The number of carbonyl (C=O) groups excluding carboxylic acids is 1. The minimum absolute atomic E-state index is 0.0187. The van der Waals surface area contributed by atoms with Crippen LogP contribution in [0.2, 0.25) is 0 Å². The Morgan fingerprint density at radius 1 is 1.45 bits per heavy atom. The van der Waals surface area contributed by atoms with Crippen molar-refractivity contribution in [3.05, 3.63) is 39.8 Å². The third-order valence-corrected chi connectivity index (χ3v) is 5.44. The van der Waals surface area contributed by atoms with E-state index < -0.39 is 0 Å². The molecule has 2 N–H and O–H groups in total. The molecule has 0 aliphatic carbocycles. The van der Waals surface area contributed by atoms with Crippen LogP contribution in [-0.2, 0) is 24.8 Å². The number of rotatable bonds is 5. The van der Waals surface area contributed by atoms with E-state index in [4.69, 9.17) is 0 Å². The zero-order chi connectivity index (χ0) is 15.5. The largest absolute Gasteiger partial charge is 0.351 e. The summed E-state index contributed by atoms with van der Waals surface area (Å²) in [5.41, 5.74) is 1.14. The maximum Gasteiger partial charge on any atom is 0.225 e. The number of thiophene rings is 1. The van der Waals surface area contributed by atoms with Crippen LogP contribution in [0.5, 0.6) is 0 Å². The summed E-state index contributed by atoms with van der Waals surface area (Å²) in [6.45, 7) is 4.34. The molecular formula is C16H22N4OS. The van der Waals surface area contributed by atoms with Gasteiger partial charge in [-0.3, -0.25) is 9.48 Å². The molecule has 118 valence electrons. The van der Waals surface area contributed by atoms with Crippen LogP contribution in [0, 0.1) is 5.92 Å². The van der Waals surface area contributed by atoms with Crippen LogP contribution >= 0.6 is 11.3 Å². The van der Waals surface area contributed by atoms with E-state index in [9.17, 15) is 4.79 Å². The number of nitrogens with zero attached hydrogens (tertiary/aromatic N) is 2. The molecule has 0 bridgehead atoms. The van der Waals surface area contributed by atoms with E-state index in [-0.39, 0.29) is 17.7 Å². The Morgan fingerprint density at radius 3 is 2.95 bits per heavy atom. The molecule has 22 heavy (non-hydrogen) atoms. The van der Waals surface area contributed by atoms with Crippen LogP contribution < -0.4 is 10.6 Å². The maximum absolute atomic E-state index is 12.5. The number of carbonyl (C=O) groups is 1. The fourth-order valence-electron chi connectivity index (χ4n) is 2.95. The Balaban J connectivity index is 1.61. The molecular weight excluding hydrogens is 296 g/mol. The van der Waals surface area contributed by atoms with Gasteiger partial charge in [0.1, 0.15) is 0 Å². The first-order valence-electron chi connectivity index (χ1n) is 7.72. The van der Waals surface area contributed by atoms with Gasteiger partial charge in [-0.15, -0.1) is 11.3 Å². The normalized spacial score (nSPS) is 21.2. The van der Waals surface area contributed by atoms with E-state index in [1.165, 1.54) is 9.75 Å². The lowest BCUT2D eigenvalue weighted by atomic mass is 9.90. The average molecular weight is 318 g/mol. The Morgan fingerprint density at radius 2 is 2.27 bits per heavy atom. The lowest BCUT2D eigenvalue weighted by molar-refractivity contribution is -0.124. The molecule has 0 saturated carbocycles. The summed E-state index contributed by atoms with van der Waals surface area (Å²) in [5, 5.41) is 10.6. The molecule has 2 aromatic heterocycles.